The standard InChI is InChI=1S/C12H9BrO3S/c1-17(15)10-6-11(16-12(14)7-10)8-2-4-9(13)5-3-8/h2-7H,1H3. The molecule has 1 heterocycles. The molecule has 1 unspecified atom stereocenters. The number of rotatable bonds is 2. The lowest BCUT2D eigenvalue weighted by atomic mass is 10.2. The summed E-state index contributed by atoms with van der Waals surface area (Å²) in [5.74, 6) is 0.426. The van der Waals surface area contributed by atoms with Gasteiger partial charge in [0.05, 0.1) is 10.8 Å². The number of halogens is 1. The summed E-state index contributed by atoms with van der Waals surface area (Å²) in [5, 5.41) is 0. The van der Waals surface area contributed by atoms with E-state index in [2.05, 4.69) is 15.9 Å². The average Bonchev–Trinajstić information content (AvgIpc) is 2.29. The van der Waals surface area contributed by atoms with E-state index in [0.717, 1.165) is 10.0 Å². The molecular weight excluding hydrogens is 304 g/mol. The van der Waals surface area contributed by atoms with Crippen molar-refractivity contribution < 1.29 is 8.63 Å². The van der Waals surface area contributed by atoms with E-state index in [0.29, 0.717) is 10.7 Å². The Morgan fingerprint density at radius 3 is 2.41 bits per heavy atom. The molecule has 1 atom stereocenters. The van der Waals surface area contributed by atoms with Crippen LogP contribution in [-0.4, -0.2) is 10.5 Å². The SMILES string of the molecule is CS(=O)c1cc(-c2ccc(Br)cc2)oc(=O)c1. The molecule has 2 rings (SSSR count). The largest absolute Gasteiger partial charge is 0.423 e. The van der Waals surface area contributed by atoms with Crippen molar-refractivity contribution in [2.45, 2.75) is 4.90 Å². The molecule has 0 amide bonds. The maximum atomic E-state index is 11.4. The highest BCUT2D eigenvalue weighted by molar-refractivity contribution is 9.10. The Bertz CT molecular complexity index is 616. The lowest BCUT2D eigenvalue weighted by Gasteiger charge is -2.02. The van der Waals surface area contributed by atoms with Gasteiger partial charge < -0.3 is 4.42 Å². The van der Waals surface area contributed by atoms with Gasteiger partial charge in [-0.2, -0.15) is 0 Å². The second-order valence-electron chi connectivity index (χ2n) is 3.44. The minimum atomic E-state index is -1.20. The Morgan fingerprint density at radius 2 is 1.82 bits per heavy atom. The third-order valence-corrected chi connectivity index (χ3v) is 3.63. The van der Waals surface area contributed by atoms with E-state index in [1.807, 2.05) is 24.3 Å². The predicted octanol–water partition coefficient (Wildman–Crippen LogP) is 2.81. The van der Waals surface area contributed by atoms with Gasteiger partial charge in [0.25, 0.3) is 0 Å². The van der Waals surface area contributed by atoms with Crippen LogP contribution in [0, 0.1) is 0 Å². The summed E-state index contributed by atoms with van der Waals surface area (Å²) in [7, 11) is -1.20. The minimum Gasteiger partial charge on any atom is -0.423 e. The Balaban J connectivity index is 2.55. The zero-order chi connectivity index (χ0) is 12.4. The third-order valence-electron chi connectivity index (χ3n) is 2.20. The maximum Gasteiger partial charge on any atom is 0.337 e. The highest BCUT2D eigenvalue weighted by atomic mass is 79.9. The van der Waals surface area contributed by atoms with Gasteiger partial charge in [-0.25, -0.2) is 4.79 Å². The van der Waals surface area contributed by atoms with Gasteiger partial charge in [0, 0.05) is 27.3 Å². The van der Waals surface area contributed by atoms with Crippen LogP contribution in [0.5, 0.6) is 0 Å². The first-order chi connectivity index (χ1) is 8.06. The van der Waals surface area contributed by atoms with E-state index in [9.17, 15) is 9.00 Å². The zero-order valence-electron chi connectivity index (χ0n) is 8.98. The van der Waals surface area contributed by atoms with E-state index in [1.54, 1.807) is 6.07 Å². The van der Waals surface area contributed by atoms with Crippen molar-refractivity contribution in [2.24, 2.45) is 0 Å². The van der Waals surface area contributed by atoms with Crippen LogP contribution in [0.4, 0.5) is 0 Å². The van der Waals surface area contributed by atoms with Crippen LogP contribution >= 0.6 is 15.9 Å². The minimum absolute atomic E-state index is 0.426. The fourth-order valence-electron chi connectivity index (χ4n) is 1.38. The van der Waals surface area contributed by atoms with Crippen LogP contribution in [0.3, 0.4) is 0 Å². The van der Waals surface area contributed by atoms with E-state index in [-0.39, 0.29) is 0 Å². The molecule has 0 aliphatic rings. The van der Waals surface area contributed by atoms with Crippen LogP contribution in [0.2, 0.25) is 0 Å². The molecule has 0 fully saturated rings. The van der Waals surface area contributed by atoms with E-state index < -0.39 is 16.4 Å². The molecular formula is C12H9BrO3S. The summed E-state index contributed by atoms with van der Waals surface area (Å²) in [6.07, 6.45) is 1.53. The molecule has 1 aromatic carbocycles. The summed E-state index contributed by atoms with van der Waals surface area (Å²) >= 11 is 3.33. The molecule has 3 nitrogen and oxygen atoms in total. The Kier molecular flexibility index (Phi) is 3.59. The van der Waals surface area contributed by atoms with Gasteiger partial charge in [0.15, 0.2) is 0 Å². The van der Waals surface area contributed by atoms with E-state index >= 15 is 0 Å². The lowest BCUT2D eigenvalue weighted by Crippen LogP contribution is -2.01. The maximum absolute atomic E-state index is 11.4. The predicted molar refractivity (Wildman–Crippen MR) is 70.4 cm³/mol. The molecule has 1 aromatic heterocycles. The normalized spacial score (nSPS) is 12.4. The first kappa shape index (κ1) is 12.3. The highest BCUT2D eigenvalue weighted by Gasteiger charge is 2.06. The molecule has 0 N–H and O–H groups in total. The van der Waals surface area contributed by atoms with Crippen molar-refractivity contribution in [1.82, 2.24) is 0 Å². The highest BCUT2D eigenvalue weighted by Crippen LogP contribution is 2.22. The van der Waals surface area contributed by atoms with Crippen molar-refractivity contribution in [2.75, 3.05) is 6.26 Å². The zero-order valence-corrected chi connectivity index (χ0v) is 11.4. The summed E-state index contributed by atoms with van der Waals surface area (Å²) in [6, 6.07) is 10.2. The second kappa shape index (κ2) is 4.98. The number of hydrogen-bond donors (Lipinski definition) is 0. The van der Waals surface area contributed by atoms with Crippen LogP contribution < -0.4 is 5.63 Å². The summed E-state index contributed by atoms with van der Waals surface area (Å²) in [4.78, 5) is 11.8. The summed E-state index contributed by atoms with van der Waals surface area (Å²) < 4.78 is 17.4. The molecule has 0 bridgehead atoms. The fraction of sp³-hybridized carbons (Fsp3) is 0.0833. The molecule has 0 saturated heterocycles. The lowest BCUT2D eigenvalue weighted by molar-refractivity contribution is 0.520. The summed E-state index contributed by atoms with van der Waals surface area (Å²) in [6.45, 7) is 0. The molecule has 0 radical (unpaired) electrons. The van der Waals surface area contributed by atoms with E-state index in [4.69, 9.17) is 4.42 Å². The van der Waals surface area contributed by atoms with Crippen LogP contribution in [0.25, 0.3) is 11.3 Å². The molecule has 0 aliphatic carbocycles. The molecule has 0 saturated carbocycles. The van der Waals surface area contributed by atoms with Crippen LogP contribution in [0.1, 0.15) is 0 Å². The van der Waals surface area contributed by atoms with Gasteiger partial charge >= 0.3 is 5.63 Å². The van der Waals surface area contributed by atoms with Crippen molar-refractivity contribution >= 4 is 26.7 Å². The Hall–Kier alpha value is -1.20. The molecule has 0 spiro atoms. The molecule has 5 heteroatoms. The number of hydrogen-bond acceptors (Lipinski definition) is 3. The molecule has 88 valence electrons. The molecule has 2 aromatic rings. The number of benzene rings is 1. The van der Waals surface area contributed by atoms with Crippen molar-refractivity contribution in [3.63, 3.8) is 0 Å². The molecule has 17 heavy (non-hydrogen) atoms. The summed E-state index contributed by atoms with van der Waals surface area (Å²) in [5.41, 5.74) is 0.285. The monoisotopic (exact) mass is 312 g/mol. The van der Waals surface area contributed by atoms with Gasteiger partial charge in [-0.3, -0.25) is 4.21 Å². The van der Waals surface area contributed by atoms with Crippen LogP contribution in [-0.2, 0) is 10.8 Å². The Morgan fingerprint density at radius 1 is 1.18 bits per heavy atom. The first-order valence-corrected chi connectivity index (χ1v) is 7.16. The topological polar surface area (TPSA) is 47.3 Å². The second-order valence-corrected chi connectivity index (χ2v) is 5.73. The first-order valence-electron chi connectivity index (χ1n) is 4.81. The van der Waals surface area contributed by atoms with Gasteiger partial charge in [0.2, 0.25) is 0 Å². The van der Waals surface area contributed by atoms with Crippen LogP contribution in [0.15, 0.2) is 55.0 Å². The third kappa shape index (κ3) is 2.92. The van der Waals surface area contributed by atoms with Gasteiger partial charge in [-0.05, 0) is 18.2 Å². The molecule has 0 aliphatic heterocycles. The smallest absolute Gasteiger partial charge is 0.337 e. The quantitative estimate of drug-likeness (QED) is 0.856. The fourth-order valence-corrected chi connectivity index (χ4v) is 2.18. The van der Waals surface area contributed by atoms with Gasteiger partial charge in [-0.15, -0.1) is 0 Å². The van der Waals surface area contributed by atoms with Crippen molar-refractivity contribution in [3.05, 3.63) is 51.3 Å². The van der Waals surface area contributed by atoms with Gasteiger partial charge in [-0.1, -0.05) is 28.1 Å². The van der Waals surface area contributed by atoms with Crippen molar-refractivity contribution in [1.29, 1.82) is 0 Å². The van der Waals surface area contributed by atoms with E-state index in [1.165, 1.54) is 12.3 Å². The van der Waals surface area contributed by atoms with Gasteiger partial charge in [0.1, 0.15) is 5.76 Å². The van der Waals surface area contributed by atoms with Crippen molar-refractivity contribution in [3.8, 4) is 11.3 Å². The average molecular weight is 313 g/mol. The Labute approximate surface area is 109 Å².